The van der Waals surface area contributed by atoms with Crippen LogP contribution in [0.4, 0.5) is 0 Å². The van der Waals surface area contributed by atoms with Crippen LogP contribution >= 0.6 is 0 Å². The first-order valence-corrected chi connectivity index (χ1v) is 10.9. The molecular weight excluding hydrogens is 496 g/mol. The molecule has 2 heterocycles. The summed E-state index contributed by atoms with van der Waals surface area (Å²) in [7, 11) is 0. The van der Waals surface area contributed by atoms with Crippen LogP contribution in [0.5, 0.6) is 17.2 Å². The van der Waals surface area contributed by atoms with E-state index >= 15 is 0 Å². The first-order valence-electron chi connectivity index (χ1n) is 10.9. The Kier molecular flexibility index (Phi) is 7.05. The molecule has 0 radical (unpaired) electrons. The van der Waals surface area contributed by atoms with Gasteiger partial charge >= 0.3 is 11.9 Å². The highest BCUT2D eigenvalue weighted by molar-refractivity contribution is 5.90. The maximum absolute atomic E-state index is 12.9. The van der Waals surface area contributed by atoms with E-state index in [1.807, 2.05) is 0 Å². The summed E-state index contributed by atoms with van der Waals surface area (Å²) in [5.41, 5.74) is -1.14. The molecule has 0 unspecified atom stereocenters. The Morgan fingerprint density at radius 3 is 2.24 bits per heavy atom. The molecule has 7 N–H and O–H groups in total. The van der Waals surface area contributed by atoms with E-state index in [4.69, 9.17) is 19.0 Å². The fourth-order valence-electron chi connectivity index (χ4n) is 4.04. The lowest BCUT2D eigenvalue weighted by molar-refractivity contribution is -0.234. The van der Waals surface area contributed by atoms with Crippen molar-refractivity contribution in [1.82, 2.24) is 0 Å². The average Bonchev–Trinajstić information content (AvgIpc) is 2.82. The molecule has 13 heteroatoms. The van der Waals surface area contributed by atoms with Crippen molar-refractivity contribution in [3.63, 3.8) is 0 Å². The standard InChI is InChI=1S/C24H22O13/c25-10-3-1-9(2-4-10)14-6-13(28)18-11(26)5-12(27)19(23(18)36-14)24-22(34)21(33)20(32)15(37-24)8-35-17(31)7-16(29)30/h1-6,15,20-22,24-27,32-34H,7-8H2,(H,29,30)/t15-,20-,21+,22-,24+/m1/s1. The molecule has 0 aliphatic carbocycles. The van der Waals surface area contributed by atoms with Crippen LogP contribution in [0.25, 0.3) is 22.3 Å². The van der Waals surface area contributed by atoms with Gasteiger partial charge in [-0.2, -0.15) is 0 Å². The quantitative estimate of drug-likeness (QED) is 0.170. The van der Waals surface area contributed by atoms with Gasteiger partial charge in [0, 0.05) is 17.7 Å². The summed E-state index contributed by atoms with van der Waals surface area (Å²) in [6.07, 6.45) is -9.68. The highest BCUT2D eigenvalue weighted by atomic mass is 16.6. The van der Waals surface area contributed by atoms with Crippen LogP contribution in [-0.2, 0) is 19.1 Å². The largest absolute Gasteiger partial charge is 0.508 e. The van der Waals surface area contributed by atoms with E-state index in [9.17, 15) is 45.0 Å². The fraction of sp³-hybridized carbons (Fsp3) is 0.292. The summed E-state index contributed by atoms with van der Waals surface area (Å²) in [5, 5.41) is 70.2. The number of rotatable bonds is 6. The van der Waals surface area contributed by atoms with E-state index in [-0.39, 0.29) is 22.5 Å². The molecule has 13 nitrogen and oxygen atoms in total. The number of hydrogen-bond donors (Lipinski definition) is 7. The summed E-state index contributed by atoms with van der Waals surface area (Å²) in [6, 6.07) is 7.43. The molecule has 1 aromatic heterocycles. The summed E-state index contributed by atoms with van der Waals surface area (Å²) in [6.45, 7) is -0.715. The van der Waals surface area contributed by atoms with Crippen molar-refractivity contribution >= 4 is 22.9 Å². The maximum Gasteiger partial charge on any atom is 0.317 e. The minimum atomic E-state index is -1.89. The zero-order valence-electron chi connectivity index (χ0n) is 18.8. The van der Waals surface area contributed by atoms with Gasteiger partial charge in [0.25, 0.3) is 0 Å². The van der Waals surface area contributed by atoms with Gasteiger partial charge in [-0.15, -0.1) is 0 Å². The van der Waals surface area contributed by atoms with E-state index in [2.05, 4.69) is 0 Å². The molecule has 37 heavy (non-hydrogen) atoms. The summed E-state index contributed by atoms with van der Waals surface area (Å²) >= 11 is 0. The van der Waals surface area contributed by atoms with E-state index in [1.165, 1.54) is 24.3 Å². The number of carbonyl (C=O) groups excluding carboxylic acids is 1. The third-order valence-corrected chi connectivity index (χ3v) is 5.85. The number of benzene rings is 2. The number of carboxylic acids is 1. The van der Waals surface area contributed by atoms with Gasteiger partial charge in [0.05, 0.1) is 5.56 Å². The molecule has 1 aliphatic heterocycles. The predicted octanol–water partition coefficient (Wildman–Crippen LogP) is 0.117. The van der Waals surface area contributed by atoms with Crippen molar-refractivity contribution in [3.05, 3.63) is 52.2 Å². The number of aliphatic hydroxyl groups excluding tert-OH is 3. The molecule has 0 amide bonds. The number of carbonyl (C=O) groups is 2. The van der Waals surface area contributed by atoms with Gasteiger partial charge in [0.1, 0.15) is 71.9 Å². The second-order valence-electron chi connectivity index (χ2n) is 8.37. The summed E-state index contributed by atoms with van der Waals surface area (Å²) in [4.78, 5) is 35.2. The van der Waals surface area contributed by atoms with Gasteiger partial charge in [-0.3, -0.25) is 14.4 Å². The number of esters is 1. The normalized spacial score (nSPS) is 23.6. The lowest BCUT2D eigenvalue weighted by atomic mass is 9.89. The molecule has 0 saturated carbocycles. The maximum atomic E-state index is 12.9. The predicted molar refractivity (Wildman–Crippen MR) is 122 cm³/mol. The smallest absolute Gasteiger partial charge is 0.317 e. The van der Waals surface area contributed by atoms with Gasteiger partial charge < -0.3 is 49.6 Å². The molecule has 3 aromatic rings. The molecule has 4 rings (SSSR count). The third kappa shape index (κ3) is 5.06. The van der Waals surface area contributed by atoms with Gasteiger partial charge in [-0.25, -0.2) is 0 Å². The molecule has 196 valence electrons. The molecule has 1 fully saturated rings. The zero-order chi connectivity index (χ0) is 27.0. The van der Waals surface area contributed by atoms with Gasteiger partial charge in [-0.1, -0.05) is 0 Å². The average molecular weight is 518 g/mol. The Bertz CT molecular complexity index is 1390. The SMILES string of the molecule is O=C(O)CC(=O)OC[C@H]1O[C@@H](c2c(O)cc(O)c3c(=O)cc(-c4ccc(O)cc4)oc23)[C@H](O)[C@@H](O)[C@@H]1O. The van der Waals surface area contributed by atoms with Gasteiger partial charge in [0.15, 0.2) is 11.0 Å². The number of ether oxygens (including phenoxy) is 2. The third-order valence-electron chi connectivity index (χ3n) is 5.85. The highest BCUT2D eigenvalue weighted by Gasteiger charge is 2.46. The second kappa shape index (κ2) is 10.1. The Balaban J connectivity index is 1.79. The minimum absolute atomic E-state index is 0.0335. The van der Waals surface area contributed by atoms with E-state index in [1.54, 1.807) is 0 Å². The van der Waals surface area contributed by atoms with E-state index in [0.717, 1.165) is 12.1 Å². The molecule has 1 saturated heterocycles. The van der Waals surface area contributed by atoms with E-state index < -0.39 is 78.0 Å². The van der Waals surface area contributed by atoms with Crippen LogP contribution in [0.1, 0.15) is 18.1 Å². The summed E-state index contributed by atoms with van der Waals surface area (Å²) in [5.74, 6) is -4.03. The molecule has 0 spiro atoms. The van der Waals surface area contributed by atoms with Crippen molar-refractivity contribution in [2.24, 2.45) is 0 Å². The lowest BCUT2D eigenvalue weighted by Crippen LogP contribution is -2.55. The first-order chi connectivity index (χ1) is 17.5. The first kappa shape index (κ1) is 25.9. The number of aliphatic carboxylic acids is 1. The molecule has 5 atom stereocenters. The van der Waals surface area contributed by atoms with Crippen LogP contribution in [0.15, 0.2) is 45.6 Å². The number of fused-ring (bicyclic) bond motifs is 1. The minimum Gasteiger partial charge on any atom is -0.508 e. The van der Waals surface area contributed by atoms with Crippen molar-refractivity contribution in [2.45, 2.75) is 36.9 Å². The number of phenols is 3. The molecule has 2 aromatic carbocycles. The molecular formula is C24H22O13. The van der Waals surface area contributed by atoms with Gasteiger partial charge in [-0.05, 0) is 24.3 Å². The van der Waals surface area contributed by atoms with E-state index in [0.29, 0.717) is 5.56 Å². The van der Waals surface area contributed by atoms with Crippen LogP contribution in [0.2, 0.25) is 0 Å². The Morgan fingerprint density at radius 2 is 1.59 bits per heavy atom. The fourth-order valence-corrected chi connectivity index (χ4v) is 4.04. The Labute approximate surface area is 207 Å². The second-order valence-corrected chi connectivity index (χ2v) is 8.37. The van der Waals surface area contributed by atoms with Crippen LogP contribution in [0.3, 0.4) is 0 Å². The van der Waals surface area contributed by atoms with Crippen molar-refractivity contribution < 1.29 is 59.2 Å². The molecule has 0 bridgehead atoms. The topological polar surface area (TPSA) is 224 Å². The van der Waals surface area contributed by atoms with Crippen LogP contribution in [0, 0.1) is 0 Å². The van der Waals surface area contributed by atoms with Crippen LogP contribution < -0.4 is 5.43 Å². The van der Waals surface area contributed by atoms with Crippen molar-refractivity contribution in [3.8, 4) is 28.6 Å². The number of hydrogen-bond acceptors (Lipinski definition) is 12. The number of carboxylic acid groups (broad SMARTS) is 1. The number of aliphatic hydroxyl groups is 3. The van der Waals surface area contributed by atoms with Crippen LogP contribution in [-0.4, -0.2) is 78.7 Å². The van der Waals surface area contributed by atoms with Gasteiger partial charge in [0.2, 0.25) is 0 Å². The monoisotopic (exact) mass is 518 g/mol. The van der Waals surface area contributed by atoms with Crippen molar-refractivity contribution in [1.29, 1.82) is 0 Å². The Hall–Kier alpha value is -4.17. The zero-order valence-corrected chi connectivity index (χ0v) is 18.8. The summed E-state index contributed by atoms with van der Waals surface area (Å²) < 4.78 is 16.2. The lowest BCUT2D eigenvalue weighted by Gasteiger charge is -2.40. The van der Waals surface area contributed by atoms with Crippen molar-refractivity contribution in [2.75, 3.05) is 6.61 Å². The number of phenolic OH excluding ortho intramolecular Hbond substituents is 3. The Morgan fingerprint density at radius 1 is 0.919 bits per heavy atom. The highest BCUT2D eigenvalue weighted by Crippen LogP contribution is 2.43. The molecule has 1 aliphatic rings. The number of aromatic hydroxyl groups is 3.